The van der Waals surface area contributed by atoms with Crippen molar-refractivity contribution in [2.24, 2.45) is 11.5 Å². The van der Waals surface area contributed by atoms with Crippen LogP contribution in [-0.4, -0.2) is 186 Å². The number of nitrogens with two attached hydrogens (primary N) is 2. The number of likely N-dealkylation sites (N-methyl/N-ethyl adjacent to an activating group) is 1. The second-order valence-electron chi connectivity index (χ2n) is 15.2. The summed E-state index contributed by atoms with van der Waals surface area (Å²) in [7, 11) is 3.50. The zero-order chi connectivity index (χ0) is 51.8. The first kappa shape index (κ1) is 62.0. The quantitative estimate of drug-likeness (QED) is 0.0132. The first-order valence-electron chi connectivity index (χ1n) is 21.6. The SMILES string of the molecule is CNC(CCCCNNC(Cc1ccccc1)C(=O)N[C@@H](CO)C(=O)NC(CCC(=O)O)C(=O)N[C@@H](CO)C(=O)N[C@H](C(=O)N[C@@H](CC(N)=O)C(=O)NC(C=O)CO)[C@@H](C)O)C(C)=O.CNCN. The zero-order valence-corrected chi connectivity index (χ0v) is 38.6. The molecule has 4 unspecified atom stereocenters. The number of hydrazine groups is 1. The zero-order valence-electron chi connectivity index (χ0n) is 38.6. The highest BCUT2D eigenvalue weighted by Crippen LogP contribution is 2.07. The van der Waals surface area contributed by atoms with Crippen LogP contribution in [-0.2, 0) is 54.4 Å². The molecule has 0 saturated heterocycles. The minimum Gasteiger partial charge on any atom is -0.481 e. The van der Waals surface area contributed by atoms with Gasteiger partial charge in [-0.05, 0) is 59.2 Å². The Morgan fingerprint density at radius 2 is 1.19 bits per heavy atom. The maximum atomic E-state index is 13.5. The van der Waals surface area contributed by atoms with Crippen molar-refractivity contribution in [3.63, 3.8) is 0 Å². The molecule has 0 radical (unpaired) electrons. The number of aldehydes is 1. The fraction of sp³-hybridized carbons (Fsp3) is 0.610. The predicted octanol–water partition coefficient (Wildman–Crippen LogP) is -7.63. The summed E-state index contributed by atoms with van der Waals surface area (Å²) in [4.78, 5) is 125. The normalized spacial score (nSPS) is 14.8. The molecule has 0 fully saturated rings. The van der Waals surface area contributed by atoms with Crippen molar-refractivity contribution in [3.05, 3.63) is 35.9 Å². The van der Waals surface area contributed by atoms with Crippen molar-refractivity contribution in [3.8, 4) is 0 Å². The lowest BCUT2D eigenvalue weighted by Gasteiger charge is -2.27. The fourth-order valence-electron chi connectivity index (χ4n) is 5.85. The molecule has 0 aromatic heterocycles. The number of hydrogen-bond donors (Lipinski definition) is 17. The number of Topliss-reactive ketones (excluding diaryl/α,β-unsaturated/α-hetero) is 1. The molecule has 0 aliphatic carbocycles. The molecule has 0 bridgehead atoms. The molecule has 9 atom stereocenters. The minimum atomic E-state index is -1.92. The molecule has 68 heavy (non-hydrogen) atoms. The van der Waals surface area contributed by atoms with Gasteiger partial charge in [0.05, 0.1) is 38.4 Å². The largest absolute Gasteiger partial charge is 0.481 e. The summed E-state index contributed by atoms with van der Waals surface area (Å²) < 4.78 is 0. The third-order valence-corrected chi connectivity index (χ3v) is 9.66. The number of unbranched alkanes of at least 4 members (excludes halogenated alkanes) is 1. The van der Waals surface area contributed by atoms with Crippen LogP contribution in [0.4, 0.5) is 0 Å². The molecule has 27 nitrogen and oxygen atoms in total. The molecule has 1 aromatic rings. The lowest BCUT2D eigenvalue weighted by atomic mass is 10.0. The number of aliphatic carboxylic acids is 1. The predicted molar refractivity (Wildman–Crippen MR) is 242 cm³/mol. The van der Waals surface area contributed by atoms with E-state index in [1.807, 2.05) is 0 Å². The molecule has 0 aliphatic rings. The van der Waals surface area contributed by atoms with E-state index in [-0.39, 0.29) is 24.5 Å². The average Bonchev–Trinajstić information content (AvgIpc) is 3.30. The molecule has 1 aromatic carbocycles. The van der Waals surface area contributed by atoms with E-state index in [9.17, 15) is 73.5 Å². The van der Waals surface area contributed by atoms with Crippen LogP contribution in [0.5, 0.6) is 0 Å². The van der Waals surface area contributed by atoms with Gasteiger partial charge in [0.1, 0.15) is 54.4 Å². The van der Waals surface area contributed by atoms with Gasteiger partial charge < -0.3 is 84.3 Å². The van der Waals surface area contributed by atoms with Crippen LogP contribution in [0, 0.1) is 0 Å². The number of carboxylic acids is 1. The van der Waals surface area contributed by atoms with E-state index in [1.165, 1.54) is 6.92 Å². The number of benzene rings is 1. The number of carbonyl (C=O) groups is 10. The van der Waals surface area contributed by atoms with E-state index in [4.69, 9.17) is 11.5 Å². The topological polar surface area (TPSA) is 444 Å². The number of rotatable bonds is 34. The van der Waals surface area contributed by atoms with E-state index in [1.54, 1.807) is 44.4 Å². The highest BCUT2D eigenvalue weighted by molar-refractivity contribution is 5.98. The summed E-state index contributed by atoms with van der Waals surface area (Å²) in [5, 5.41) is 67.6. The summed E-state index contributed by atoms with van der Waals surface area (Å²) in [5.41, 5.74) is 16.7. The van der Waals surface area contributed by atoms with E-state index < -0.39 is 135 Å². The Morgan fingerprint density at radius 3 is 1.66 bits per heavy atom. The number of hydrogen-bond acceptors (Lipinski definition) is 19. The smallest absolute Gasteiger partial charge is 0.303 e. The van der Waals surface area contributed by atoms with Crippen molar-refractivity contribution in [2.75, 3.05) is 47.1 Å². The highest BCUT2D eigenvalue weighted by atomic mass is 16.4. The Kier molecular flexibility index (Phi) is 32.0. The number of primary amides is 1. The summed E-state index contributed by atoms with van der Waals surface area (Å²) in [6.07, 6.45) is -1.64. The number of carbonyl (C=O) groups excluding carboxylic acids is 9. The van der Waals surface area contributed by atoms with Gasteiger partial charge in [-0.1, -0.05) is 36.8 Å². The second-order valence-corrected chi connectivity index (χ2v) is 15.2. The van der Waals surface area contributed by atoms with Crippen molar-refractivity contribution < 1.29 is 73.5 Å². The van der Waals surface area contributed by atoms with Crippen LogP contribution in [0.15, 0.2) is 30.3 Å². The van der Waals surface area contributed by atoms with Crippen LogP contribution in [0.25, 0.3) is 0 Å². The van der Waals surface area contributed by atoms with Crippen LogP contribution in [0.1, 0.15) is 57.9 Å². The van der Waals surface area contributed by atoms with Crippen molar-refractivity contribution in [1.82, 2.24) is 53.4 Å². The maximum absolute atomic E-state index is 13.5. The van der Waals surface area contributed by atoms with Crippen LogP contribution >= 0.6 is 0 Å². The van der Waals surface area contributed by atoms with Crippen molar-refractivity contribution in [2.45, 2.75) is 113 Å². The minimum absolute atomic E-state index is 0.00514. The molecule has 0 heterocycles. The van der Waals surface area contributed by atoms with Crippen LogP contribution < -0.4 is 64.9 Å². The van der Waals surface area contributed by atoms with E-state index >= 15 is 0 Å². The molecule has 27 heteroatoms. The standard InChI is InChI=1S/C39H62N10O15.C2H8N2/c1-21(54)25(41-3)11-7-8-14-42-49-28(15-23-9-5-4-6-10-23)36(61)47-29(19-52)37(62)44-26(12-13-32(57)58)34(59)46-30(20-53)38(63)48-33(22(2)55)39(64)45-27(16-31(40)56)35(60)43-24(17-50)18-51;1-4-2-3/h4-6,9-10,17,22,24-30,33,41-42,49,51-53,55H,7-8,11-16,18-20H2,1-3H3,(H2,40,56)(H,43,60)(H,44,62)(H,45,64)(H,46,59)(H,47,61)(H,48,63)(H,57,58);4H,2-3H2,1H3/t22-,24?,25?,26?,27+,28?,29+,30+,33+;/m1./s1. The number of carboxylic acid groups (broad SMARTS) is 1. The van der Waals surface area contributed by atoms with Crippen LogP contribution in [0.2, 0.25) is 0 Å². The molecule has 19 N–H and O–H groups in total. The van der Waals surface area contributed by atoms with Gasteiger partial charge in [0.15, 0.2) is 0 Å². The second kappa shape index (κ2) is 35.2. The van der Waals surface area contributed by atoms with Crippen LogP contribution in [0.3, 0.4) is 0 Å². The van der Waals surface area contributed by atoms with Gasteiger partial charge in [-0.2, -0.15) is 0 Å². The number of aliphatic hydroxyl groups is 4. The van der Waals surface area contributed by atoms with Gasteiger partial charge in [-0.15, -0.1) is 0 Å². The average molecular weight is 971 g/mol. The number of amides is 7. The van der Waals surface area contributed by atoms with Gasteiger partial charge in [-0.25, -0.2) is 5.43 Å². The Bertz CT molecular complexity index is 1760. The fourth-order valence-corrected chi connectivity index (χ4v) is 5.85. The van der Waals surface area contributed by atoms with E-state index in [0.717, 1.165) is 12.5 Å². The molecular formula is C41H70N12O15. The Labute approximate surface area is 393 Å². The Hall–Kier alpha value is -6.04. The number of nitrogens with one attached hydrogen (secondary N) is 10. The van der Waals surface area contributed by atoms with E-state index in [0.29, 0.717) is 32.5 Å². The molecular weight excluding hydrogens is 901 g/mol. The first-order chi connectivity index (χ1) is 32.2. The molecule has 0 spiro atoms. The van der Waals surface area contributed by atoms with Crippen molar-refractivity contribution >= 4 is 59.4 Å². The summed E-state index contributed by atoms with van der Waals surface area (Å²) in [6, 6.07) is -2.94. The van der Waals surface area contributed by atoms with Gasteiger partial charge in [0.2, 0.25) is 41.4 Å². The maximum Gasteiger partial charge on any atom is 0.303 e. The molecule has 0 saturated carbocycles. The van der Waals surface area contributed by atoms with E-state index in [2.05, 4.69) is 53.4 Å². The summed E-state index contributed by atoms with van der Waals surface area (Å²) in [5.74, 6) is -9.32. The Balaban J connectivity index is 0.0000108. The monoisotopic (exact) mass is 971 g/mol. The lowest BCUT2D eigenvalue weighted by molar-refractivity contribution is -0.139. The third-order valence-electron chi connectivity index (χ3n) is 9.66. The highest BCUT2D eigenvalue weighted by Gasteiger charge is 2.35. The van der Waals surface area contributed by atoms with Gasteiger partial charge in [-0.3, -0.25) is 48.6 Å². The van der Waals surface area contributed by atoms with Gasteiger partial charge in [0.25, 0.3) is 0 Å². The number of aliphatic hydroxyl groups excluding tert-OH is 4. The van der Waals surface area contributed by atoms with Gasteiger partial charge >= 0.3 is 5.97 Å². The molecule has 384 valence electrons. The Morgan fingerprint density at radius 1 is 0.676 bits per heavy atom. The van der Waals surface area contributed by atoms with Gasteiger partial charge in [0, 0.05) is 19.6 Å². The molecule has 1 rings (SSSR count). The third kappa shape index (κ3) is 25.2. The molecule has 7 amide bonds. The summed E-state index contributed by atoms with van der Waals surface area (Å²) in [6.45, 7) is 0.528. The van der Waals surface area contributed by atoms with Crippen molar-refractivity contribution in [1.29, 1.82) is 0 Å². The number of ketones is 1. The summed E-state index contributed by atoms with van der Waals surface area (Å²) >= 11 is 0. The first-order valence-corrected chi connectivity index (χ1v) is 21.6. The molecule has 0 aliphatic heterocycles. The lowest BCUT2D eigenvalue weighted by Crippen LogP contribution is -2.62.